The second kappa shape index (κ2) is 8.17. The standard InChI is InChI=1S/C18H29N3O4/c1-25-13-17(23)20-8-2-4-14(12-20)18(24)19-10-6-15(7-11-19)21-9-3-5-16(21)22/h14-15H,2-13H2,1H3. The van der Waals surface area contributed by atoms with Gasteiger partial charge in [-0.2, -0.15) is 0 Å². The van der Waals surface area contributed by atoms with Crippen LogP contribution in [0, 0.1) is 5.92 Å². The molecule has 1 atom stereocenters. The number of hydrogen-bond acceptors (Lipinski definition) is 4. The van der Waals surface area contributed by atoms with Gasteiger partial charge in [-0.25, -0.2) is 0 Å². The number of ether oxygens (including phenoxy) is 1. The summed E-state index contributed by atoms with van der Waals surface area (Å²) in [7, 11) is 1.51. The maximum absolute atomic E-state index is 12.8. The summed E-state index contributed by atoms with van der Waals surface area (Å²) in [5, 5.41) is 0. The topological polar surface area (TPSA) is 70.2 Å². The molecule has 0 aliphatic carbocycles. The van der Waals surface area contributed by atoms with E-state index in [1.807, 2.05) is 9.80 Å². The summed E-state index contributed by atoms with van der Waals surface area (Å²) in [5.41, 5.74) is 0. The molecule has 0 radical (unpaired) electrons. The largest absolute Gasteiger partial charge is 0.375 e. The van der Waals surface area contributed by atoms with Crippen LogP contribution in [0.25, 0.3) is 0 Å². The second-order valence-corrected chi connectivity index (χ2v) is 7.36. The van der Waals surface area contributed by atoms with E-state index in [4.69, 9.17) is 4.74 Å². The average Bonchev–Trinajstić information content (AvgIpc) is 3.07. The number of rotatable bonds is 4. The lowest BCUT2D eigenvalue weighted by molar-refractivity contribution is -0.143. The van der Waals surface area contributed by atoms with Crippen molar-refractivity contribution in [3.05, 3.63) is 0 Å². The Balaban J connectivity index is 1.50. The van der Waals surface area contributed by atoms with E-state index in [9.17, 15) is 14.4 Å². The molecule has 0 bridgehead atoms. The van der Waals surface area contributed by atoms with Gasteiger partial charge in [-0.3, -0.25) is 14.4 Å². The number of carbonyl (C=O) groups is 3. The fourth-order valence-electron chi connectivity index (χ4n) is 4.33. The first-order valence-corrected chi connectivity index (χ1v) is 9.45. The van der Waals surface area contributed by atoms with Crippen molar-refractivity contribution < 1.29 is 19.1 Å². The highest BCUT2D eigenvalue weighted by atomic mass is 16.5. The normalized spacial score (nSPS) is 25.6. The SMILES string of the molecule is COCC(=O)N1CCCC(C(=O)N2CCC(N3CCCC3=O)CC2)C1. The maximum Gasteiger partial charge on any atom is 0.248 e. The third-order valence-corrected chi connectivity index (χ3v) is 5.72. The van der Waals surface area contributed by atoms with Gasteiger partial charge in [0.2, 0.25) is 17.7 Å². The quantitative estimate of drug-likeness (QED) is 0.739. The van der Waals surface area contributed by atoms with Crippen LogP contribution in [0.4, 0.5) is 0 Å². The minimum Gasteiger partial charge on any atom is -0.375 e. The van der Waals surface area contributed by atoms with Crippen LogP contribution >= 0.6 is 0 Å². The van der Waals surface area contributed by atoms with E-state index in [0.29, 0.717) is 25.6 Å². The van der Waals surface area contributed by atoms with Gasteiger partial charge in [-0.1, -0.05) is 0 Å². The Morgan fingerprint density at radius 1 is 1.04 bits per heavy atom. The lowest BCUT2D eigenvalue weighted by Gasteiger charge is -2.39. The lowest BCUT2D eigenvalue weighted by Crippen LogP contribution is -2.51. The first kappa shape index (κ1) is 18.2. The summed E-state index contributed by atoms with van der Waals surface area (Å²) in [4.78, 5) is 42.4. The summed E-state index contributed by atoms with van der Waals surface area (Å²) in [6.07, 6.45) is 5.09. The highest BCUT2D eigenvalue weighted by molar-refractivity contribution is 5.82. The predicted octanol–water partition coefficient (Wildman–Crippen LogP) is 0.485. The Hall–Kier alpha value is -1.63. The van der Waals surface area contributed by atoms with E-state index in [1.54, 1.807) is 4.90 Å². The average molecular weight is 351 g/mol. The number of likely N-dealkylation sites (tertiary alicyclic amines) is 3. The van der Waals surface area contributed by atoms with Crippen molar-refractivity contribution in [2.45, 2.75) is 44.6 Å². The number of amides is 3. The van der Waals surface area contributed by atoms with Gasteiger partial charge in [0, 0.05) is 52.3 Å². The van der Waals surface area contributed by atoms with Crippen molar-refractivity contribution in [2.75, 3.05) is 46.4 Å². The van der Waals surface area contributed by atoms with Crippen LogP contribution in [0.5, 0.6) is 0 Å². The molecule has 0 aromatic rings. The molecule has 3 heterocycles. The molecular weight excluding hydrogens is 322 g/mol. The molecule has 3 fully saturated rings. The van der Waals surface area contributed by atoms with Crippen LogP contribution in [0.1, 0.15) is 38.5 Å². The van der Waals surface area contributed by atoms with E-state index in [0.717, 1.165) is 51.7 Å². The molecule has 3 rings (SSSR count). The van der Waals surface area contributed by atoms with E-state index in [-0.39, 0.29) is 30.2 Å². The maximum atomic E-state index is 12.8. The molecule has 0 aromatic heterocycles. The number of carbonyl (C=O) groups excluding carboxylic acids is 3. The van der Waals surface area contributed by atoms with Gasteiger partial charge in [-0.05, 0) is 32.1 Å². The molecule has 3 saturated heterocycles. The van der Waals surface area contributed by atoms with Crippen molar-refractivity contribution in [3.8, 4) is 0 Å². The summed E-state index contributed by atoms with van der Waals surface area (Å²) in [6, 6.07) is 0.296. The molecule has 25 heavy (non-hydrogen) atoms. The molecule has 0 aromatic carbocycles. The van der Waals surface area contributed by atoms with E-state index < -0.39 is 0 Å². The minimum absolute atomic E-state index is 0.0359. The van der Waals surface area contributed by atoms with Crippen LogP contribution in [0.3, 0.4) is 0 Å². The van der Waals surface area contributed by atoms with Crippen LogP contribution < -0.4 is 0 Å². The monoisotopic (exact) mass is 351 g/mol. The third-order valence-electron chi connectivity index (χ3n) is 5.72. The van der Waals surface area contributed by atoms with Gasteiger partial charge in [0.15, 0.2) is 0 Å². The Kier molecular flexibility index (Phi) is 5.93. The van der Waals surface area contributed by atoms with Gasteiger partial charge < -0.3 is 19.4 Å². The molecule has 3 amide bonds. The van der Waals surface area contributed by atoms with Crippen LogP contribution in [0.15, 0.2) is 0 Å². The van der Waals surface area contributed by atoms with Crippen LogP contribution in [0.2, 0.25) is 0 Å². The van der Waals surface area contributed by atoms with Gasteiger partial charge in [0.1, 0.15) is 6.61 Å². The fourth-order valence-corrected chi connectivity index (χ4v) is 4.33. The van der Waals surface area contributed by atoms with Gasteiger partial charge in [-0.15, -0.1) is 0 Å². The van der Waals surface area contributed by atoms with Crippen molar-refractivity contribution in [2.24, 2.45) is 5.92 Å². The molecule has 0 N–H and O–H groups in total. The highest BCUT2D eigenvalue weighted by Crippen LogP contribution is 2.25. The Morgan fingerprint density at radius 2 is 1.80 bits per heavy atom. The zero-order valence-electron chi connectivity index (χ0n) is 15.1. The van der Waals surface area contributed by atoms with Crippen molar-refractivity contribution >= 4 is 17.7 Å². The molecule has 3 aliphatic heterocycles. The fraction of sp³-hybridized carbons (Fsp3) is 0.833. The molecule has 1 unspecified atom stereocenters. The van der Waals surface area contributed by atoms with Crippen molar-refractivity contribution in [1.82, 2.24) is 14.7 Å². The Labute approximate surface area is 149 Å². The molecule has 140 valence electrons. The summed E-state index contributed by atoms with van der Waals surface area (Å²) in [6.45, 7) is 3.61. The molecule has 7 nitrogen and oxygen atoms in total. The second-order valence-electron chi connectivity index (χ2n) is 7.36. The summed E-state index contributed by atoms with van der Waals surface area (Å²) >= 11 is 0. The zero-order valence-corrected chi connectivity index (χ0v) is 15.1. The molecule has 7 heteroatoms. The molecular formula is C18H29N3O4. The Bertz CT molecular complexity index is 516. The number of hydrogen-bond donors (Lipinski definition) is 0. The third kappa shape index (κ3) is 4.14. The van der Waals surface area contributed by atoms with Crippen molar-refractivity contribution in [3.63, 3.8) is 0 Å². The smallest absolute Gasteiger partial charge is 0.248 e. The minimum atomic E-state index is -0.0977. The Morgan fingerprint density at radius 3 is 2.44 bits per heavy atom. The predicted molar refractivity (Wildman–Crippen MR) is 91.7 cm³/mol. The van der Waals surface area contributed by atoms with E-state index in [1.165, 1.54) is 7.11 Å². The number of piperidine rings is 2. The molecule has 3 aliphatic rings. The molecule has 0 spiro atoms. The summed E-state index contributed by atoms with van der Waals surface area (Å²) < 4.78 is 4.92. The zero-order chi connectivity index (χ0) is 17.8. The van der Waals surface area contributed by atoms with Gasteiger partial charge >= 0.3 is 0 Å². The first-order chi connectivity index (χ1) is 12.1. The first-order valence-electron chi connectivity index (χ1n) is 9.45. The highest BCUT2D eigenvalue weighted by Gasteiger charge is 2.35. The number of methoxy groups -OCH3 is 1. The van der Waals surface area contributed by atoms with E-state index in [2.05, 4.69) is 0 Å². The van der Waals surface area contributed by atoms with E-state index >= 15 is 0 Å². The summed E-state index contributed by atoms with van der Waals surface area (Å²) in [5.74, 6) is 0.302. The van der Waals surface area contributed by atoms with Crippen LogP contribution in [-0.4, -0.2) is 84.9 Å². The van der Waals surface area contributed by atoms with Crippen LogP contribution in [-0.2, 0) is 19.1 Å². The molecule has 0 saturated carbocycles. The van der Waals surface area contributed by atoms with Gasteiger partial charge in [0.25, 0.3) is 0 Å². The lowest BCUT2D eigenvalue weighted by atomic mass is 9.94. The van der Waals surface area contributed by atoms with Crippen molar-refractivity contribution in [1.29, 1.82) is 0 Å². The number of nitrogens with zero attached hydrogens (tertiary/aromatic N) is 3. The van der Waals surface area contributed by atoms with Gasteiger partial charge in [0.05, 0.1) is 5.92 Å².